The molecule has 0 fully saturated rings. The first-order chi connectivity index (χ1) is 11.3. The number of amides is 1. The first kappa shape index (κ1) is 17.7. The summed E-state index contributed by atoms with van der Waals surface area (Å²) >= 11 is 5.74. The van der Waals surface area contributed by atoms with E-state index in [4.69, 9.17) is 22.1 Å². The minimum atomic E-state index is -1.22. The molecule has 0 bridgehead atoms. The molecule has 0 aliphatic heterocycles. The molecule has 1 amide bonds. The predicted octanol–water partition coefficient (Wildman–Crippen LogP) is 3.38. The highest BCUT2D eigenvalue weighted by Gasteiger charge is 2.21. The van der Waals surface area contributed by atoms with Gasteiger partial charge in [-0.3, -0.25) is 4.79 Å². The highest BCUT2D eigenvalue weighted by Crippen LogP contribution is 2.20. The number of nitrogens with one attached hydrogen (secondary N) is 1. The van der Waals surface area contributed by atoms with Gasteiger partial charge < -0.3 is 15.8 Å². The number of carbonyl (C=O) groups excluding carboxylic acids is 2. The Kier molecular flexibility index (Phi) is 5.35. The lowest BCUT2D eigenvalue weighted by molar-refractivity contribution is -0.123. The van der Waals surface area contributed by atoms with Crippen molar-refractivity contribution in [3.8, 4) is 0 Å². The van der Waals surface area contributed by atoms with Crippen LogP contribution < -0.4 is 11.1 Å². The van der Waals surface area contributed by atoms with E-state index in [2.05, 4.69) is 5.32 Å². The molecule has 5 nitrogen and oxygen atoms in total. The number of hydrogen-bond acceptors (Lipinski definition) is 4. The Bertz CT molecular complexity index is 799. The summed E-state index contributed by atoms with van der Waals surface area (Å²) in [6.45, 7) is 1.31. The molecule has 2 aromatic carbocycles. The van der Waals surface area contributed by atoms with Gasteiger partial charge in [0.25, 0.3) is 5.91 Å². The molecular formula is C16H13ClF2N2O3. The van der Waals surface area contributed by atoms with E-state index >= 15 is 0 Å². The normalized spacial score (nSPS) is 11.7. The van der Waals surface area contributed by atoms with E-state index in [1.54, 1.807) is 0 Å². The van der Waals surface area contributed by atoms with Crippen LogP contribution in [0.2, 0.25) is 5.02 Å². The summed E-state index contributed by atoms with van der Waals surface area (Å²) < 4.78 is 31.3. The molecular weight excluding hydrogens is 342 g/mol. The second-order valence-electron chi connectivity index (χ2n) is 4.89. The van der Waals surface area contributed by atoms with E-state index in [1.165, 1.54) is 25.1 Å². The largest absolute Gasteiger partial charge is 0.449 e. The Morgan fingerprint density at radius 1 is 1.21 bits per heavy atom. The average Bonchev–Trinajstić information content (AvgIpc) is 2.49. The quantitative estimate of drug-likeness (QED) is 0.651. The van der Waals surface area contributed by atoms with E-state index in [-0.39, 0.29) is 16.9 Å². The molecule has 0 unspecified atom stereocenters. The topological polar surface area (TPSA) is 81.4 Å². The molecule has 3 N–H and O–H groups in total. The van der Waals surface area contributed by atoms with Crippen LogP contribution in [0.15, 0.2) is 36.4 Å². The number of nitrogens with two attached hydrogens (primary N) is 1. The highest BCUT2D eigenvalue weighted by molar-refractivity contribution is 6.31. The van der Waals surface area contributed by atoms with Crippen LogP contribution in [0, 0.1) is 11.6 Å². The Hall–Kier alpha value is -2.67. The molecule has 2 aromatic rings. The lowest BCUT2D eigenvalue weighted by atomic mass is 10.2. The van der Waals surface area contributed by atoms with Crippen LogP contribution >= 0.6 is 11.6 Å². The molecule has 1 atom stereocenters. The Morgan fingerprint density at radius 3 is 2.54 bits per heavy atom. The number of hydrogen-bond donors (Lipinski definition) is 2. The van der Waals surface area contributed by atoms with Gasteiger partial charge in [0.1, 0.15) is 11.6 Å². The summed E-state index contributed by atoms with van der Waals surface area (Å²) in [6.07, 6.45) is -1.22. The maximum absolute atomic E-state index is 13.5. The molecule has 0 saturated heterocycles. The van der Waals surface area contributed by atoms with Gasteiger partial charge in [-0.2, -0.15) is 0 Å². The van der Waals surface area contributed by atoms with Gasteiger partial charge in [0.2, 0.25) is 0 Å². The van der Waals surface area contributed by atoms with Crippen molar-refractivity contribution in [1.82, 2.24) is 0 Å². The first-order valence-electron chi connectivity index (χ1n) is 6.80. The second-order valence-corrected chi connectivity index (χ2v) is 5.33. The van der Waals surface area contributed by atoms with Crippen molar-refractivity contribution in [2.45, 2.75) is 13.0 Å². The lowest BCUT2D eigenvalue weighted by Crippen LogP contribution is -2.30. The van der Waals surface area contributed by atoms with Crippen molar-refractivity contribution >= 4 is 34.9 Å². The molecule has 0 radical (unpaired) electrons. The zero-order valence-electron chi connectivity index (χ0n) is 12.5. The van der Waals surface area contributed by atoms with E-state index in [1.807, 2.05) is 0 Å². The molecule has 0 spiro atoms. The highest BCUT2D eigenvalue weighted by atomic mass is 35.5. The molecule has 0 aliphatic rings. The van der Waals surface area contributed by atoms with E-state index < -0.39 is 29.6 Å². The SMILES string of the molecule is C[C@H](OC(=O)c1ccc(Cl)cc1N)C(=O)Nc1ccc(F)cc1F. The summed E-state index contributed by atoms with van der Waals surface area (Å²) in [5.74, 6) is -3.32. The maximum Gasteiger partial charge on any atom is 0.341 e. The third kappa shape index (κ3) is 4.20. The molecule has 0 heterocycles. The van der Waals surface area contributed by atoms with Crippen molar-refractivity contribution in [3.05, 3.63) is 58.6 Å². The fourth-order valence-corrected chi connectivity index (χ4v) is 2.00. The molecule has 0 aliphatic carbocycles. The molecule has 8 heteroatoms. The zero-order chi connectivity index (χ0) is 17.9. The third-order valence-corrected chi connectivity index (χ3v) is 3.31. The molecule has 126 valence electrons. The Morgan fingerprint density at radius 2 is 1.92 bits per heavy atom. The smallest absolute Gasteiger partial charge is 0.341 e. The fraction of sp³-hybridized carbons (Fsp3) is 0.125. The number of rotatable bonds is 4. The van der Waals surface area contributed by atoms with Gasteiger partial charge in [0.15, 0.2) is 6.10 Å². The molecule has 24 heavy (non-hydrogen) atoms. The monoisotopic (exact) mass is 354 g/mol. The summed E-state index contributed by atoms with van der Waals surface area (Å²) in [5.41, 5.74) is 5.58. The van der Waals surface area contributed by atoms with E-state index in [9.17, 15) is 18.4 Å². The summed E-state index contributed by atoms with van der Waals surface area (Å²) in [4.78, 5) is 24.0. The fourth-order valence-electron chi connectivity index (χ4n) is 1.82. The molecule has 0 aromatic heterocycles. The van der Waals surface area contributed by atoms with Crippen LogP contribution in [-0.2, 0) is 9.53 Å². The first-order valence-corrected chi connectivity index (χ1v) is 7.17. The van der Waals surface area contributed by atoms with Crippen LogP contribution in [0.5, 0.6) is 0 Å². The van der Waals surface area contributed by atoms with Crippen molar-refractivity contribution in [1.29, 1.82) is 0 Å². The van der Waals surface area contributed by atoms with Gasteiger partial charge in [-0.1, -0.05) is 11.6 Å². The lowest BCUT2D eigenvalue weighted by Gasteiger charge is -2.14. The van der Waals surface area contributed by atoms with Crippen LogP contribution in [0.4, 0.5) is 20.2 Å². The number of carbonyl (C=O) groups is 2. The van der Waals surface area contributed by atoms with Gasteiger partial charge >= 0.3 is 5.97 Å². The van der Waals surface area contributed by atoms with Crippen LogP contribution in [0.1, 0.15) is 17.3 Å². The van der Waals surface area contributed by atoms with Crippen molar-refractivity contribution in [2.75, 3.05) is 11.1 Å². The molecule has 0 saturated carbocycles. The van der Waals surface area contributed by atoms with Gasteiger partial charge in [-0.25, -0.2) is 13.6 Å². The van der Waals surface area contributed by atoms with Crippen LogP contribution in [-0.4, -0.2) is 18.0 Å². The second kappa shape index (κ2) is 7.27. The van der Waals surface area contributed by atoms with E-state index in [0.717, 1.165) is 12.1 Å². The van der Waals surface area contributed by atoms with Crippen molar-refractivity contribution in [2.24, 2.45) is 0 Å². The number of esters is 1. The Labute approximate surface area is 141 Å². The van der Waals surface area contributed by atoms with Crippen LogP contribution in [0.3, 0.4) is 0 Å². The van der Waals surface area contributed by atoms with Gasteiger partial charge in [0.05, 0.1) is 11.3 Å². The summed E-state index contributed by atoms with van der Waals surface area (Å²) in [6, 6.07) is 6.87. The zero-order valence-corrected chi connectivity index (χ0v) is 13.2. The number of ether oxygens (including phenoxy) is 1. The Balaban J connectivity index is 2.04. The van der Waals surface area contributed by atoms with Gasteiger partial charge in [0, 0.05) is 16.8 Å². The maximum atomic E-state index is 13.5. The van der Waals surface area contributed by atoms with E-state index in [0.29, 0.717) is 11.1 Å². The number of nitrogen functional groups attached to an aromatic ring is 1. The predicted molar refractivity (Wildman–Crippen MR) is 85.7 cm³/mol. The summed E-state index contributed by atoms with van der Waals surface area (Å²) in [5, 5.41) is 2.56. The van der Waals surface area contributed by atoms with Crippen molar-refractivity contribution < 1.29 is 23.1 Å². The van der Waals surface area contributed by atoms with Gasteiger partial charge in [-0.15, -0.1) is 0 Å². The summed E-state index contributed by atoms with van der Waals surface area (Å²) in [7, 11) is 0. The number of anilines is 2. The van der Waals surface area contributed by atoms with Gasteiger partial charge in [-0.05, 0) is 37.3 Å². The van der Waals surface area contributed by atoms with Crippen LogP contribution in [0.25, 0.3) is 0 Å². The van der Waals surface area contributed by atoms with Crippen molar-refractivity contribution in [3.63, 3.8) is 0 Å². The minimum Gasteiger partial charge on any atom is -0.449 e. The molecule has 2 rings (SSSR count). The average molecular weight is 355 g/mol. The number of benzene rings is 2. The standard InChI is InChI=1S/C16H13ClF2N2O3/c1-8(15(22)21-14-5-3-10(18)7-12(14)19)24-16(23)11-4-2-9(17)6-13(11)20/h2-8H,20H2,1H3,(H,21,22)/t8-/m0/s1. The number of halogens is 3. The minimum absolute atomic E-state index is 0.0482. The third-order valence-electron chi connectivity index (χ3n) is 3.08.